The number of carbonyl (C=O) groups is 1. The van der Waals surface area contributed by atoms with Gasteiger partial charge in [-0.3, -0.25) is 4.79 Å². The Morgan fingerprint density at radius 3 is 3.00 bits per heavy atom. The molecular formula is C9H18N2O2. The van der Waals surface area contributed by atoms with Crippen LogP contribution in [0, 0.1) is 0 Å². The lowest BCUT2D eigenvalue weighted by Crippen LogP contribution is -2.38. The van der Waals surface area contributed by atoms with E-state index in [4.69, 9.17) is 4.74 Å². The molecule has 1 rings (SSSR count). The highest BCUT2D eigenvalue weighted by Gasteiger charge is 2.22. The van der Waals surface area contributed by atoms with Gasteiger partial charge in [-0.2, -0.15) is 0 Å². The van der Waals surface area contributed by atoms with E-state index < -0.39 is 0 Å². The van der Waals surface area contributed by atoms with Crippen LogP contribution in [-0.2, 0) is 9.53 Å². The summed E-state index contributed by atoms with van der Waals surface area (Å²) in [4.78, 5) is 13.3. The van der Waals surface area contributed by atoms with Crippen LogP contribution >= 0.6 is 0 Å². The zero-order chi connectivity index (χ0) is 9.68. The van der Waals surface area contributed by atoms with Gasteiger partial charge in [0.1, 0.15) is 0 Å². The third kappa shape index (κ3) is 2.97. The minimum atomic E-state index is 0.176. The fourth-order valence-corrected chi connectivity index (χ4v) is 1.54. The van der Waals surface area contributed by atoms with Crippen molar-refractivity contribution < 1.29 is 9.53 Å². The summed E-state index contributed by atoms with van der Waals surface area (Å²) in [7, 11) is 3.49. The zero-order valence-corrected chi connectivity index (χ0v) is 8.38. The molecule has 0 aromatic carbocycles. The molecule has 1 aliphatic heterocycles. The number of hydrogen-bond acceptors (Lipinski definition) is 3. The molecule has 0 aromatic rings. The van der Waals surface area contributed by atoms with E-state index in [0.29, 0.717) is 19.1 Å². The van der Waals surface area contributed by atoms with Crippen molar-refractivity contribution in [2.45, 2.75) is 18.9 Å². The van der Waals surface area contributed by atoms with Gasteiger partial charge >= 0.3 is 0 Å². The lowest BCUT2D eigenvalue weighted by molar-refractivity contribution is -0.132. The summed E-state index contributed by atoms with van der Waals surface area (Å²) in [5.41, 5.74) is 0. The van der Waals surface area contributed by atoms with Gasteiger partial charge in [0, 0.05) is 26.7 Å². The maximum absolute atomic E-state index is 11.5. The number of amides is 1. The van der Waals surface area contributed by atoms with Crippen molar-refractivity contribution in [1.29, 1.82) is 0 Å². The highest BCUT2D eigenvalue weighted by Crippen LogP contribution is 2.07. The van der Waals surface area contributed by atoms with Crippen molar-refractivity contribution in [2.75, 3.05) is 33.9 Å². The summed E-state index contributed by atoms with van der Waals surface area (Å²) in [5.74, 6) is 0.176. The van der Waals surface area contributed by atoms with E-state index in [9.17, 15) is 4.79 Å². The molecule has 4 heteroatoms. The topological polar surface area (TPSA) is 41.6 Å². The van der Waals surface area contributed by atoms with Crippen molar-refractivity contribution in [1.82, 2.24) is 10.2 Å². The van der Waals surface area contributed by atoms with Crippen LogP contribution in [0.2, 0.25) is 0 Å². The first-order valence-electron chi connectivity index (χ1n) is 4.71. The standard InChI is InChI=1S/C9H18N2O2/c1-11(8-3-5-10-7-8)9(12)4-6-13-2/h8,10H,3-7H2,1-2H3/t8-/m1/s1. The molecule has 0 unspecified atom stereocenters. The fraction of sp³-hybridized carbons (Fsp3) is 0.889. The zero-order valence-electron chi connectivity index (χ0n) is 8.38. The van der Waals surface area contributed by atoms with Crippen molar-refractivity contribution >= 4 is 5.91 Å². The first-order chi connectivity index (χ1) is 6.25. The van der Waals surface area contributed by atoms with Gasteiger partial charge in [0.25, 0.3) is 0 Å². The van der Waals surface area contributed by atoms with Gasteiger partial charge in [0.05, 0.1) is 13.0 Å². The Hall–Kier alpha value is -0.610. The minimum Gasteiger partial charge on any atom is -0.384 e. The molecule has 1 fully saturated rings. The van der Waals surface area contributed by atoms with Crippen LogP contribution in [0.25, 0.3) is 0 Å². The van der Waals surface area contributed by atoms with Crippen LogP contribution in [0.5, 0.6) is 0 Å². The van der Waals surface area contributed by atoms with E-state index in [1.54, 1.807) is 7.11 Å². The summed E-state index contributed by atoms with van der Waals surface area (Å²) in [6.07, 6.45) is 1.55. The molecule has 1 amide bonds. The van der Waals surface area contributed by atoms with Crippen LogP contribution in [-0.4, -0.2) is 50.7 Å². The molecule has 1 N–H and O–H groups in total. The van der Waals surface area contributed by atoms with E-state index in [0.717, 1.165) is 19.5 Å². The number of methoxy groups -OCH3 is 1. The second-order valence-electron chi connectivity index (χ2n) is 3.39. The quantitative estimate of drug-likeness (QED) is 0.663. The number of carbonyl (C=O) groups excluding carboxylic acids is 1. The molecule has 4 nitrogen and oxygen atoms in total. The molecule has 1 heterocycles. The lowest BCUT2D eigenvalue weighted by Gasteiger charge is -2.23. The van der Waals surface area contributed by atoms with E-state index >= 15 is 0 Å². The van der Waals surface area contributed by atoms with Crippen molar-refractivity contribution in [3.63, 3.8) is 0 Å². The second kappa shape index (κ2) is 5.19. The molecule has 0 aromatic heterocycles. The lowest BCUT2D eigenvalue weighted by atomic mass is 10.2. The third-order valence-corrected chi connectivity index (χ3v) is 2.50. The normalized spacial score (nSPS) is 21.8. The molecule has 76 valence electrons. The predicted octanol–water partition coefficient (Wildman–Crippen LogP) is -0.157. The number of likely N-dealkylation sites (N-methyl/N-ethyl adjacent to an activating group) is 1. The summed E-state index contributed by atoms with van der Waals surface area (Å²) < 4.78 is 4.86. The number of nitrogens with zero attached hydrogens (tertiary/aromatic N) is 1. The third-order valence-electron chi connectivity index (χ3n) is 2.50. The summed E-state index contributed by atoms with van der Waals surface area (Å²) in [6.45, 7) is 2.46. The van der Waals surface area contributed by atoms with E-state index in [1.807, 2.05) is 11.9 Å². The Balaban J connectivity index is 2.28. The van der Waals surface area contributed by atoms with Gasteiger partial charge in [-0.25, -0.2) is 0 Å². The van der Waals surface area contributed by atoms with Crippen LogP contribution in [0.3, 0.4) is 0 Å². The number of nitrogens with one attached hydrogen (secondary N) is 1. The van der Waals surface area contributed by atoms with Crippen molar-refractivity contribution in [3.8, 4) is 0 Å². The van der Waals surface area contributed by atoms with E-state index in [-0.39, 0.29) is 5.91 Å². The largest absolute Gasteiger partial charge is 0.384 e. The number of hydrogen-bond donors (Lipinski definition) is 1. The van der Waals surface area contributed by atoms with Crippen LogP contribution < -0.4 is 5.32 Å². The minimum absolute atomic E-state index is 0.176. The maximum atomic E-state index is 11.5. The number of ether oxygens (including phenoxy) is 1. The van der Waals surface area contributed by atoms with Gasteiger partial charge < -0.3 is 15.0 Å². The molecule has 0 radical (unpaired) electrons. The first-order valence-corrected chi connectivity index (χ1v) is 4.71. The van der Waals surface area contributed by atoms with Crippen LogP contribution in [0.1, 0.15) is 12.8 Å². The number of rotatable bonds is 4. The smallest absolute Gasteiger partial charge is 0.224 e. The molecule has 13 heavy (non-hydrogen) atoms. The second-order valence-corrected chi connectivity index (χ2v) is 3.39. The fourth-order valence-electron chi connectivity index (χ4n) is 1.54. The Morgan fingerprint density at radius 2 is 2.46 bits per heavy atom. The maximum Gasteiger partial charge on any atom is 0.224 e. The average molecular weight is 186 g/mol. The molecular weight excluding hydrogens is 168 g/mol. The van der Waals surface area contributed by atoms with Gasteiger partial charge in [-0.05, 0) is 13.0 Å². The molecule has 0 aliphatic carbocycles. The van der Waals surface area contributed by atoms with Crippen LogP contribution in [0.4, 0.5) is 0 Å². The first kappa shape index (κ1) is 10.5. The Morgan fingerprint density at radius 1 is 1.69 bits per heavy atom. The highest BCUT2D eigenvalue weighted by atomic mass is 16.5. The summed E-state index contributed by atoms with van der Waals surface area (Å²) in [6, 6.07) is 0.379. The molecule has 0 bridgehead atoms. The molecule has 1 atom stereocenters. The average Bonchev–Trinajstić information content (AvgIpc) is 2.65. The molecule has 1 aliphatic rings. The van der Waals surface area contributed by atoms with Gasteiger partial charge in [-0.1, -0.05) is 0 Å². The highest BCUT2D eigenvalue weighted by molar-refractivity contribution is 5.76. The predicted molar refractivity (Wildman–Crippen MR) is 50.5 cm³/mol. The SMILES string of the molecule is COCCC(=O)N(C)[C@@H]1CCNC1. The molecule has 0 saturated carbocycles. The van der Waals surface area contributed by atoms with Gasteiger partial charge in [0.15, 0.2) is 0 Å². The Bertz CT molecular complexity index is 167. The Labute approximate surface area is 79.2 Å². The van der Waals surface area contributed by atoms with Crippen LogP contribution in [0.15, 0.2) is 0 Å². The van der Waals surface area contributed by atoms with Gasteiger partial charge in [-0.15, -0.1) is 0 Å². The monoisotopic (exact) mass is 186 g/mol. The van der Waals surface area contributed by atoms with Gasteiger partial charge in [0.2, 0.25) is 5.91 Å². The molecule has 1 saturated heterocycles. The summed E-state index contributed by atoms with van der Waals surface area (Å²) in [5, 5.41) is 3.24. The van der Waals surface area contributed by atoms with Crippen molar-refractivity contribution in [3.05, 3.63) is 0 Å². The summed E-state index contributed by atoms with van der Waals surface area (Å²) >= 11 is 0. The Kier molecular flexibility index (Phi) is 4.18. The van der Waals surface area contributed by atoms with E-state index in [2.05, 4.69) is 5.32 Å². The van der Waals surface area contributed by atoms with Crippen molar-refractivity contribution in [2.24, 2.45) is 0 Å². The van der Waals surface area contributed by atoms with E-state index in [1.165, 1.54) is 0 Å². The molecule has 0 spiro atoms.